The number of rotatable bonds is 8. The van der Waals surface area contributed by atoms with Crippen LogP contribution in [0.15, 0.2) is 0 Å². The van der Waals surface area contributed by atoms with Gasteiger partial charge in [-0.25, -0.2) is 0 Å². The van der Waals surface area contributed by atoms with Crippen LogP contribution in [0, 0.1) is 0 Å². The molecule has 0 bridgehead atoms. The van der Waals surface area contributed by atoms with Crippen molar-refractivity contribution in [3.8, 4) is 0 Å². The zero-order valence-corrected chi connectivity index (χ0v) is 8.29. The van der Waals surface area contributed by atoms with Crippen LogP contribution in [-0.4, -0.2) is 30.1 Å². The van der Waals surface area contributed by atoms with Crippen molar-refractivity contribution < 1.29 is 14.7 Å². The van der Waals surface area contributed by atoms with Gasteiger partial charge in [-0.3, -0.25) is 9.59 Å². The molecular weight excluding hydrogens is 184 g/mol. The van der Waals surface area contributed by atoms with E-state index in [1.54, 1.807) is 0 Å². The van der Waals surface area contributed by atoms with Gasteiger partial charge >= 0.3 is 0 Å². The van der Waals surface area contributed by atoms with Gasteiger partial charge in [0.05, 0.1) is 0 Å². The van der Waals surface area contributed by atoms with Crippen molar-refractivity contribution in [3.05, 3.63) is 0 Å². The number of carbonyl (C=O) groups is 2. The number of carbonyl (C=O) groups excluding carboxylic acids is 2. The third-order valence-corrected chi connectivity index (χ3v) is 1.73. The van der Waals surface area contributed by atoms with Crippen molar-refractivity contribution >= 4 is 11.8 Å². The zero-order chi connectivity index (χ0) is 10.8. The van der Waals surface area contributed by atoms with E-state index >= 15 is 0 Å². The van der Waals surface area contributed by atoms with Crippen LogP contribution >= 0.6 is 0 Å². The second-order valence-electron chi connectivity index (χ2n) is 3.10. The summed E-state index contributed by atoms with van der Waals surface area (Å²) in [5, 5.41) is 11.1. The van der Waals surface area contributed by atoms with Gasteiger partial charge in [0.15, 0.2) is 0 Å². The molecule has 5 heteroatoms. The molecule has 0 rings (SSSR count). The molecule has 0 fully saturated rings. The van der Waals surface area contributed by atoms with E-state index in [4.69, 9.17) is 10.8 Å². The zero-order valence-electron chi connectivity index (χ0n) is 8.29. The van der Waals surface area contributed by atoms with Gasteiger partial charge in [0.25, 0.3) is 0 Å². The quantitative estimate of drug-likeness (QED) is 0.465. The highest BCUT2D eigenvalue weighted by molar-refractivity contribution is 5.76. The minimum absolute atomic E-state index is 0.0390. The lowest BCUT2D eigenvalue weighted by molar-refractivity contribution is -0.122. The molecule has 0 heterocycles. The molecule has 4 N–H and O–H groups in total. The largest absolute Gasteiger partial charge is 0.396 e. The summed E-state index contributed by atoms with van der Waals surface area (Å²) in [4.78, 5) is 21.4. The minimum Gasteiger partial charge on any atom is -0.396 e. The van der Waals surface area contributed by atoms with Crippen molar-refractivity contribution in [2.45, 2.75) is 32.1 Å². The van der Waals surface area contributed by atoms with E-state index in [1.165, 1.54) is 0 Å². The SMILES string of the molecule is NC(=O)CCCNC(=O)CCCCO. The van der Waals surface area contributed by atoms with Crippen LogP contribution in [0.2, 0.25) is 0 Å². The van der Waals surface area contributed by atoms with Crippen molar-refractivity contribution in [1.82, 2.24) is 5.32 Å². The second-order valence-corrected chi connectivity index (χ2v) is 3.10. The van der Waals surface area contributed by atoms with E-state index in [9.17, 15) is 9.59 Å². The number of hydrogen-bond donors (Lipinski definition) is 3. The number of unbranched alkanes of at least 4 members (excludes halogenated alkanes) is 1. The smallest absolute Gasteiger partial charge is 0.219 e. The highest BCUT2D eigenvalue weighted by atomic mass is 16.3. The van der Waals surface area contributed by atoms with Crippen LogP contribution in [0.4, 0.5) is 0 Å². The molecular formula is C9H18N2O3. The maximum Gasteiger partial charge on any atom is 0.219 e. The summed E-state index contributed by atoms with van der Waals surface area (Å²) in [5.41, 5.74) is 4.93. The van der Waals surface area contributed by atoms with E-state index < -0.39 is 0 Å². The fourth-order valence-corrected chi connectivity index (χ4v) is 0.976. The van der Waals surface area contributed by atoms with E-state index in [0.29, 0.717) is 38.6 Å². The molecule has 82 valence electrons. The third kappa shape index (κ3) is 8.99. The number of primary amides is 1. The first-order chi connectivity index (χ1) is 6.66. The van der Waals surface area contributed by atoms with E-state index in [0.717, 1.165) is 0 Å². The number of nitrogens with one attached hydrogen (secondary N) is 1. The lowest BCUT2D eigenvalue weighted by atomic mass is 10.2. The summed E-state index contributed by atoms with van der Waals surface area (Å²) in [6, 6.07) is 0. The molecule has 5 nitrogen and oxygen atoms in total. The Labute approximate surface area is 83.7 Å². The van der Waals surface area contributed by atoms with Crippen LogP contribution in [0.25, 0.3) is 0 Å². The number of amides is 2. The first kappa shape index (κ1) is 12.9. The molecule has 0 aromatic rings. The first-order valence-electron chi connectivity index (χ1n) is 4.82. The van der Waals surface area contributed by atoms with E-state index in [-0.39, 0.29) is 18.4 Å². The summed E-state index contributed by atoms with van der Waals surface area (Å²) in [7, 11) is 0. The van der Waals surface area contributed by atoms with Crippen molar-refractivity contribution in [2.75, 3.05) is 13.2 Å². The molecule has 0 atom stereocenters. The Morgan fingerprint density at radius 2 is 1.86 bits per heavy atom. The van der Waals surface area contributed by atoms with Gasteiger partial charge < -0.3 is 16.2 Å². The van der Waals surface area contributed by atoms with Crippen molar-refractivity contribution in [2.24, 2.45) is 5.73 Å². The van der Waals surface area contributed by atoms with Crippen LogP contribution < -0.4 is 11.1 Å². The average Bonchev–Trinajstić information content (AvgIpc) is 2.13. The van der Waals surface area contributed by atoms with Gasteiger partial charge in [-0.1, -0.05) is 0 Å². The predicted molar refractivity (Wildman–Crippen MR) is 52.4 cm³/mol. The first-order valence-corrected chi connectivity index (χ1v) is 4.82. The van der Waals surface area contributed by atoms with Crippen LogP contribution in [0.1, 0.15) is 32.1 Å². The summed E-state index contributed by atoms with van der Waals surface area (Å²) in [6.07, 6.45) is 2.65. The molecule has 0 aromatic carbocycles. The van der Waals surface area contributed by atoms with Gasteiger partial charge in [0.2, 0.25) is 11.8 Å². The molecule has 0 saturated heterocycles. The monoisotopic (exact) mass is 202 g/mol. The Morgan fingerprint density at radius 1 is 1.14 bits per heavy atom. The lowest BCUT2D eigenvalue weighted by Gasteiger charge is -2.03. The molecule has 0 radical (unpaired) electrons. The second kappa shape index (κ2) is 8.50. The lowest BCUT2D eigenvalue weighted by Crippen LogP contribution is -2.25. The van der Waals surface area contributed by atoms with Crippen molar-refractivity contribution in [1.29, 1.82) is 0 Å². The Morgan fingerprint density at radius 3 is 2.43 bits per heavy atom. The maximum atomic E-state index is 11.1. The summed E-state index contributed by atoms with van der Waals surface area (Å²) in [6.45, 7) is 0.607. The van der Waals surface area contributed by atoms with Gasteiger partial charge in [-0.2, -0.15) is 0 Å². The molecule has 0 aliphatic carbocycles. The molecule has 0 aliphatic rings. The van der Waals surface area contributed by atoms with Gasteiger partial charge in [0.1, 0.15) is 0 Å². The van der Waals surface area contributed by atoms with Gasteiger partial charge in [-0.05, 0) is 19.3 Å². The van der Waals surface area contributed by atoms with Crippen molar-refractivity contribution in [3.63, 3.8) is 0 Å². The Kier molecular flexibility index (Phi) is 7.83. The molecule has 0 aromatic heterocycles. The molecule has 0 saturated carbocycles. The number of nitrogens with two attached hydrogens (primary N) is 1. The predicted octanol–water partition coefficient (Wildman–Crippen LogP) is -0.469. The topological polar surface area (TPSA) is 92.4 Å². The maximum absolute atomic E-state index is 11.1. The van der Waals surface area contributed by atoms with Crippen LogP contribution in [0.3, 0.4) is 0 Å². The molecule has 0 unspecified atom stereocenters. The number of hydrogen-bond acceptors (Lipinski definition) is 3. The fourth-order valence-electron chi connectivity index (χ4n) is 0.976. The van der Waals surface area contributed by atoms with E-state index in [1.807, 2.05) is 0 Å². The standard InChI is InChI=1S/C9H18N2O3/c10-8(13)4-3-6-11-9(14)5-1-2-7-12/h12H,1-7H2,(H2,10,13)(H,11,14). The Hall–Kier alpha value is -1.10. The molecule has 14 heavy (non-hydrogen) atoms. The highest BCUT2D eigenvalue weighted by Gasteiger charge is 2.00. The van der Waals surface area contributed by atoms with E-state index in [2.05, 4.69) is 5.32 Å². The molecule has 0 aliphatic heterocycles. The highest BCUT2D eigenvalue weighted by Crippen LogP contribution is 1.94. The molecule has 2 amide bonds. The van der Waals surface area contributed by atoms with Crippen LogP contribution in [0.5, 0.6) is 0 Å². The molecule has 0 spiro atoms. The van der Waals surface area contributed by atoms with Gasteiger partial charge in [-0.15, -0.1) is 0 Å². The summed E-state index contributed by atoms with van der Waals surface area (Å²) < 4.78 is 0. The number of aliphatic hydroxyl groups excluding tert-OH is 1. The summed E-state index contributed by atoms with van der Waals surface area (Å²) in [5.74, 6) is -0.387. The fraction of sp³-hybridized carbons (Fsp3) is 0.778. The summed E-state index contributed by atoms with van der Waals surface area (Å²) >= 11 is 0. The average molecular weight is 202 g/mol. The number of aliphatic hydroxyl groups is 1. The van der Waals surface area contributed by atoms with Crippen LogP contribution in [-0.2, 0) is 9.59 Å². The van der Waals surface area contributed by atoms with Gasteiger partial charge in [0, 0.05) is 26.0 Å². The normalized spacial score (nSPS) is 9.79. The minimum atomic E-state index is -0.348. The Bertz CT molecular complexity index is 183. The Balaban J connectivity index is 3.22. The third-order valence-electron chi connectivity index (χ3n) is 1.73.